The number of rotatable bonds is 5. The standard InChI is InChI=1S/C23H25N5O3S/c1-14(25-15-8-9-19(30-2)20(12-15)31-3)28-11-10-18-21(13-28)32-23(27-18)22(29)26-17-7-5-4-6-16(17)24/h4-9,12H,10-11,13,24H2,1-3H3,(H,26,29)/b25-14+. The van der Waals surface area contributed by atoms with Gasteiger partial charge in [0.25, 0.3) is 5.91 Å². The summed E-state index contributed by atoms with van der Waals surface area (Å²) in [6.07, 6.45) is 0.755. The molecule has 0 radical (unpaired) electrons. The first-order valence-electron chi connectivity index (χ1n) is 10.1. The number of nitrogens with two attached hydrogens (primary N) is 1. The van der Waals surface area contributed by atoms with E-state index in [9.17, 15) is 4.79 Å². The van der Waals surface area contributed by atoms with Crippen molar-refractivity contribution in [3.8, 4) is 11.5 Å². The number of methoxy groups -OCH3 is 2. The third kappa shape index (κ3) is 4.52. The fourth-order valence-corrected chi connectivity index (χ4v) is 4.53. The van der Waals surface area contributed by atoms with Crippen molar-refractivity contribution >= 4 is 40.1 Å². The zero-order chi connectivity index (χ0) is 22.7. The number of amides is 1. The summed E-state index contributed by atoms with van der Waals surface area (Å²) in [6, 6.07) is 12.8. The first-order valence-corrected chi connectivity index (χ1v) is 11.0. The number of nitrogens with one attached hydrogen (secondary N) is 1. The lowest BCUT2D eigenvalue weighted by Crippen LogP contribution is -2.33. The summed E-state index contributed by atoms with van der Waals surface area (Å²) in [5.74, 6) is 1.95. The van der Waals surface area contributed by atoms with E-state index in [0.29, 0.717) is 34.4 Å². The minimum atomic E-state index is -0.246. The second-order valence-corrected chi connectivity index (χ2v) is 8.38. The minimum absolute atomic E-state index is 0.246. The number of carbonyl (C=O) groups is 1. The second kappa shape index (κ2) is 9.27. The molecular weight excluding hydrogens is 426 g/mol. The third-order valence-electron chi connectivity index (χ3n) is 5.25. The van der Waals surface area contributed by atoms with Crippen molar-refractivity contribution in [2.45, 2.75) is 19.9 Å². The van der Waals surface area contributed by atoms with Crippen LogP contribution in [0, 0.1) is 0 Å². The lowest BCUT2D eigenvalue weighted by Gasteiger charge is -2.27. The highest BCUT2D eigenvalue weighted by atomic mass is 32.1. The van der Waals surface area contributed by atoms with Crippen LogP contribution in [0.1, 0.15) is 27.3 Å². The maximum absolute atomic E-state index is 12.7. The zero-order valence-electron chi connectivity index (χ0n) is 18.2. The van der Waals surface area contributed by atoms with E-state index < -0.39 is 0 Å². The molecule has 0 unspecified atom stereocenters. The summed E-state index contributed by atoms with van der Waals surface area (Å²) in [6.45, 7) is 3.43. The van der Waals surface area contributed by atoms with Crippen LogP contribution in [0.3, 0.4) is 0 Å². The SMILES string of the molecule is COc1ccc(/N=C(\C)N2CCc3nc(C(=O)Nc4ccccc4N)sc3C2)cc1OC. The molecule has 0 aliphatic carbocycles. The lowest BCUT2D eigenvalue weighted by molar-refractivity contribution is 0.102. The van der Waals surface area contributed by atoms with Gasteiger partial charge in [-0.25, -0.2) is 9.98 Å². The number of amidine groups is 1. The lowest BCUT2D eigenvalue weighted by atomic mass is 10.2. The number of nitrogens with zero attached hydrogens (tertiary/aromatic N) is 3. The third-order valence-corrected chi connectivity index (χ3v) is 6.33. The molecule has 8 nitrogen and oxygen atoms in total. The molecule has 9 heteroatoms. The Labute approximate surface area is 190 Å². The van der Waals surface area contributed by atoms with Crippen molar-refractivity contribution in [2.75, 3.05) is 31.8 Å². The Morgan fingerprint density at radius 2 is 1.97 bits per heavy atom. The maximum Gasteiger partial charge on any atom is 0.284 e. The largest absolute Gasteiger partial charge is 0.493 e. The topological polar surface area (TPSA) is 102 Å². The molecule has 0 fully saturated rings. The number of nitrogen functional groups attached to an aromatic ring is 1. The van der Waals surface area contributed by atoms with E-state index in [1.54, 1.807) is 26.4 Å². The molecule has 4 rings (SSSR count). The van der Waals surface area contributed by atoms with Crippen LogP contribution in [0.2, 0.25) is 0 Å². The molecule has 3 N–H and O–H groups in total. The van der Waals surface area contributed by atoms with Gasteiger partial charge in [-0.05, 0) is 31.2 Å². The van der Waals surface area contributed by atoms with Crippen molar-refractivity contribution in [1.82, 2.24) is 9.88 Å². The van der Waals surface area contributed by atoms with Crippen molar-refractivity contribution < 1.29 is 14.3 Å². The van der Waals surface area contributed by atoms with Gasteiger partial charge in [0.05, 0.1) is 43.5 Å². The Kier molecular flexibility index (Phi) is 6.27. The Hall–Kier alpha value is -3.59. The summed E-state index contributed by atoms with van der Waals surface area (Å²) in [5.41, 5.74) is 8.80. The minimum Gasteiger partial charge on any atom is -0.493 e. The normalized spacial score (nSPS) is 13.5. The highest BCUT2D eigenvalue weighted by Crippen LogP contribution is 2.32. The van der Waals surface area contributed by atoms with Gasteiger partial charge in [-0.15, -0.1) is 11.3 Å². The van der Waals surface area contributed by atoms with Crippen LogP contribution in [-0.4, -0.2) is 42.4 Å². The monoisotopic (exact) mass is 451 g/mol. The fraction of sp³-hybridized carbons (Fsp3) is 0.261. The number of anilines is 2. The summed E-state index contributed by atoms with van der Waals surface area (Å²) in [7, 11) is 3.21. The van der Waals surface area contributed by atoms with Crippen LogP contribution >= 0.6 is 11.3 Å². The van der Waals surface area contributed by atoms with Gasteiger partial charge in [-0.1, -0.05) is 12.1 Å². The van der Waals surface area contributed by atoms with E-state index in [1.165, 1.54) is 11.3 Å². The first-order chi connectivity index (χ1) is 15.5. The van der Waals surface area contributed by atoms with Crippen LogP contribution in [0.15, 0.2) is 47.5 Å². The molecule has 0 saturated heterocycles. The molecule has 0 saturated carbocycles. The number of thiazole rings is 1. The van der Waals surface area contributed by atoms with Crippen LogP contribution in [-0.2, 0) is 13.0 Å². The molecule has 32 heavy (non-hydrogen) atoms. The smallest absolute Gasteiger partial charge is 0.284 e. The van der Waals surface area contributed by atoms with Crippen LogP contribution in [0.4, 0.5) is 17.1 Å². The summed E-state index contributed by atoms with van der Waals surface area (Å²) >= 11 is 1.41. The number of aliphatic imine (C=N–C) groups is 1. The Balaban J connectivity index is 1.48. The number of fused-ring (bicyclic) bond motifs is 1. The van der Waals surface area contributed by atoms with Gasteiger partial charge in [0.1, 0.15) is 5.84 Å². The molecule has 166 valence electrons. The van der Waals surface area contributed by atoms with E-state index in [1.807, 2.05) is 37.3 Å². The van der Waals surface area contributed by atoms with Crippen molar-refractivity contribution in [2.24, 2.45) is 4.99 Å². The number of hydrogen-bond donors (Lipinski definition) is 2. The van der Waals surface area contributed by atoms with E-state index in [-0.39, 0.29) is 5.91 Å². The first kappa shape index (κ1) is 21.6. The molecule has 3 aromatic rings. The van der Waals surface area contributed by atoms with Crippen molar-refractivity contribution in [3.63, 3.8) is 0 Å². The predicted octanol–water partition coefficient (Wildman–Crippen LogP) is 4.10. The number of para-hydroxylation sites is 2. The van der Waals surface area contributed by atoms with Gasteiger partial charge in [-0.3, -0.25) is 4.79 Å². The van der Waals surface area contributed by atoms with Crippen LogP contribution < -0.4 is 20.5 Å². The Bertz CT molecular complexity index is 1170. The molecule has 0 bridgehead atoms. The molecule has 0 spiro atoms. The number of aromatic nitrogens is 1. The molecule has 1 aliphatic heterocycles. The van der Waals surface area contributed by atoms with Crippen LogP contribution in [0.25, 0.3) is 0 Å². The predicted molar refractivity (Wildman–Crippen MR) is 127 cm³/mol. The molecule has 2 heterocycles. The van der Waals surface area contributed by atoms with E-state index in [0.717, 1.165) is 35.1 Å². The summed E-state index contributed by atoms with van der Waals surface area (Å²) < 4.78 is 10.7. The molecule has 1 amide bonds. The molecule has 1 aromatic heterocycles. The average Bonchev–Trinajstić information content (AvgIpc) is 3.24. The second-order valence-electron chi connectivity index (χ2n) is 7.30. The quantitative estimate of drug-likeness (QED) is 0.344. The summed E-state index contributed by atoms with van der Waals surface area (Å²) in [4.78, 5) is 25.2. The van der Waals surface area contributed by atoms with E-state index in [4.69, 9.17) is 20.2 Å². The van der Waals surface area contributed by atoms with E-state index in [2.05, 4.69) is 15.2 Å². The van der Waals surface area contributed by atoms with Gasteiger partial charge in [0.15, 0.2) is 16.5 Å². The van der Waals surface area contributed by atoms with Gasteiger partial charge >= 0.3 is 0 Å². The summed E-state index contributed by atoms with van der Waals surface area (Å²) in [5, 5.41) is 3.29. The zero-order valence-corrected chi connectivity index (χ0v) is 19.0. The number of carbonyl (C=O) groups excluding carboxylic acids is 1. The van der Waals surface area contributed by atoms with Crippen LogP contribution in [0.5, 0.6) is 11.5 Å². The van der Waals surface area contributed by atoms with Crippen molar-refractivity contribution in [3.05, 3.63) is 58.0 Å². The van der Waals surface area contributed by atoms with Gasteiger partial charge < -0.3 is 25.4 Å². The Morgan fingerprint density at radius 1 is 1.19 bits per heavy atom. The highest BCUT2D eigenvalue weighted by Gasteiger charge is 2.24. The van der Waals surface area contributed by atoms with Gasteiger partial charge in [0.2, 0.25) is 0 Å². The molecule has 2 aromatic carbocycles. The number of benzene rings is 2. The van der Waals surface area contributed by atoms with Gasteiger partial charge in [0, 0.05) is 23.9 Å². The molecule has 0 atom stereocenters. The number of ether oxygens (including phenoxy) is 2. The Morgan fingerprint density at radius 3 is 2.72 bits per heavy atom. The average molecular weight is 452 g/mol. The molecule has 1 aliphatic rings. The fourth-order valence-electron chi connectivity index (χ4n) is 3.51. The van der Waals surface area contributed by atoms with E-state index >= 15 is 0 Å². The maximum atomic E-state index is 12.7. The van der Waals surface area contributed by atoms with Crippen molar-refractivity contribution in [1.29, 1.82) is 0 Å². The van der Waals surface area contributed by atoms with Gasteiger partial charge in [-0.2, -0.15) is 0 Å². The highest BCUT2D eigenvalue weighted by molar-refractivity contribution is 7.13. The molecular formula is C23H25N5O3S. The number of hydrogen-bond acceptors (Lipinski definition) is 7.